The summed E-state index contributed by atoms with van der Waals surface area (Å²) in [4.78, 5) is 23.9. The molecule has 1 N–H and O–H groups in total. The molecule has 144 valence electrons. The molecule has 2 aliphatic carbocycles. The Hall–Kier alpha value is -1.70. The SMILES string of the molecule is C[C@@H]1[C@H]2C[C@@]34COC(=O)[C@H]3CC=C[C@H]4[C@@]13C[C@H](C1=CC(=O)OC1O)O[C@H]3O2. The standard InChI is InChI=1S/C20H22O7/c1-9-12-6-19-8-24-17(23)11(19)3-2-4-14(19)20(9)7-13(26-18(20)25-12)10-5-15(21)27-16(10)22/h2,4-5,9,11-14,16,18,22H,3,6-8H2,1H3/t9-,11-,12-,13-,14-,16?,18-,19-,20-/m1/s1. The molecule has 6 aliphatic rings. The summed E-state index contributed by atoms with van der Waals surface area (Å²) in [5, 5.41) is 10.1. The van der Waals surface area contributed by atoms with Crippen LogP contribution in [-0.4, -0.2) is 48.4 Å². The lowest BCUT2D eigenvalue weighted by Gasteiger charge is -2.54. The van der Waals surface area contributed by atoms with Gasteiger partial charge in [-0.25, -0.2) is 4.79 Å². The Labute approximate surface area is 156 Å². The summed E-state index contributed by atoms with van der Waals surface area (Å²) in [7, 11) is 0. The summed E-state index contributed by atoms with van der Waals surface area (Å²) in [5.74, 6) is -0.417. The molecular weight excluding hydrogens is 352 g/mol. The van der Waals surface area contributed by atoms with Crippen LogP contribution in [0.1, 0.15) is 26.2 Å². The fourth-order valence-corrected chi connectivity index (χ4v) is 6.81. The largest absolute Gasteiger partial charge is 0.465 e. The number of hydrogen-bond donors (Lipinski definition) is 1. The number of allylic oxidation sites excluding steroid dienone is 2. The molecule has 0 radical (unpaired) electrons. The third-order valence-electron chi connectivity index (χ3n) is 8.08. The van der Waals surface area contributed by atoms with E-state index in [0.717, 1.165) is 6.42 Å². The molecule has 0 aromatic carbocycles. The molecule has 7 heteroatoms. The van der Waals surface area contributed by atoms with Crippen molar-refractivity contribution in [1.29, 1.82) is 0 Å². The van der Waals surface area contributed by atoms with E-state index < -0.39 is 24.7 Å². The molecule has 1 saturated carbocycles. The number of carbonyl (C=O) groups is 2. The van der Waals surface area contributed by atoms with Gasteiger partial charge in [0.15, 0.2) is 6.29 Å². The van der Waals surface area contributed by atoms with Gasteiger partial charge in [0, 0.05) is 22.5 Å². The molecule has 9 atom stereocenters. The van der Waals surface area contributed by atoms with Crippen molar-refractivity contribution in [3.05, 3.63) is 23.8 Å². The number of cyclic esters (lactones) is 2. The highest BCUT2D eigenvalue weighted by Crippen LogP contribution is 2.71. The second kappa shape index (κ2) is 5.01. The number of aliphatic hydroxyl groups is 1. The molecule has 1 unspecified atom stereocenters. The molecular formula is C20H22O7. The van der Waals surface area contributed by atoms with Crippen LogP contribution in [0.5, 0.6) is 0 Å². The number of fused-ring (bicyclic) bond motifs is 1. The van der Waals surface area contributed by atoms with Crippen LogP contribution >= 0.6 is 0 Å². The molecule has 27 heavy (non-hydrogen) atoms. The van der Waals surface area contributed by atoms with Gasteiger partial charge in [0.1, 0.15) is 0 Å². The molecule has 4 fully saturated rings. The Morgan fingerprint density at radius 2 is 2.07 bits per heavy atom. The summed E-state index contributed by atoms with van der Waals surface area (Å²) < 4.78 is 23.0. The third-order valence-corrected chi connectivity index (χ3v) is 8.08. The quantitative estimate of drug-likeness (QED) is 0.542. The summed E-state index contributed by atoms with van der Waals surface area (Å²) in [5.41, 5.74) is -0.0839. The fraction of sp³-hybridized carbons (Fsp3) is 0.700. The van der Waals surface area contributed by atoms with Crippen molar-refractivity contribution in [3.8, 4) is 0 Å². The maximum absolute atomic E-state index is 12.4. The molecule has 4 heterocycles. The number of esters is 2. The van der Waals surface area contributed by atoms with E-state index in [4.69, 9.17) is 18.9 Å². The molecule has 0 amide bonds. The zero-order valence-corrected chi connectivity index (χ0v) is 15.0. The van der Waals surface area contributed by atoms with Crippen LogP contribution in [0.25, 0.3) is 0 Å². The highest BCUT2D eigenvalue weighted by Gasteiger charge is 2.74. The first-order chi connectivity index (χ1) is 13.0. The second-order valence-electron chi connectivity index (χ2n) is 8.91. The number of aliphatic hydroxyl groups excluding tert-OH is 1. The number of carbonyl (C=O) groups excluding carboxylic acids is 2. The number of hydrogen-bond acceptors (Lipinski definition) is 7. The van der Waals surface area contributed by atoms with Gasteiger partial charge >= 0.3 is 11.9 Å². The predicted molar refractivity (Wildman–Crippen MR) is 88.7 cm³/mol. The minimum absolute atomic E-state index is 0.0241. The monoisotopic (exact) mass is 374 g/mol. The Morgan fingerprint density at radius 3 is 2.85 bits per heavy atom. The van der Waals surface area contributed by atoms with Crippen molar-refractivity contribution in [2.45, 2.75) is 51.0 Å². The van der Waals surface area contributed by atoms with Crippen molar-refractivity contribution in [2.75, 3.05) is 6.61 Å². The molecule has 6 rings (SSSR count). The zero-order valence-electron chi connectivity index (χ0n) is 15.0. The van der Waals surface area contributed by atoms with Gasteiger partial charge in [-0.15, -0.1) is 0 Å². The minimum atomic E-state index is -1.26. The third kappa shape index (κ3) is 1.78. The Morgan fingerprint density at radius 1 is 1.22 bits per heavy atom. The Bertz CT molecular complexity index is 802. The molecule has 0 aromatic heterocycles. The van der Waals surface area contributed by atoms with Crippen LogP contribution in [0.15, 0.2) is 23.8 Å². The van der Waals surface area contributed by atoms with Crippen molar-refractivity contribution in [3.63, 3.8) is 0 Å². The molecule has 0 aromatic rings. The lowest BCUT2D eigenvalue weighted by Crippen LogP contribution is -2.56. The van der Waals surface area contributed by atoms with E-state index in [0.29, 0.717) is 25.0 Å². The molecule has 2 spiro atoms. The van der Waals surface area contributed by atoms with Gasteiger partial charge in [-0.1, -0.05) is 19.1 Å². The van der Waals surface area contributed by atoms with E-state index in [-0.39, 0.29) is 40.7 Å². The van der Waals surface area contributed by atoms with Crippen LogP contribution in [0.2, 0.25) is 0 Å². The number of rotatable bonds is 1. The minimum Gasteiger partial charge on any atom is -0.465 e. The Balaban J connectivity index is 1.43. The first kappa shape index (κ1) is 16.3. The van der Waals surface area contributed by atoms with Crippen molar-refractivity contribution in [2.24, 2.45) is 28.6 Å². The van der Waals surface area contributed by atoms with Crippen LogP contribution in [-0.2, 0) is 28.5 Å². The summed E-state index contributed by atoms with van der Waals surface area (Å²) >= 11 is 0. The van der Waals surface area contributed by atoms with E-state index in [1.165, 1.54) is 6.08 Å². The lowest BCUT2D eigenvalue weighted by molar-refractivity contribution is -0.157. The maximum Gasteiger partial charge on any atom is 0.333 e. The van der Waals surface area contributed by atoms with Gasteiger partial charge in [0.05, 0.1) is 24.7 Å². The molecule has 7 nitrogen and oxygen atoms in total. The van der Waals surface area contributed by atoms with Gasteiger partial charge in [-0.2, -0.15) is 0 Å². The molecule has 4 aliphatic heterocycles. The average molecular weight is 374 g/mol. The van der Waals surface area contributed by atoms with E-state index in [1.54, 1.807) is 0 Å². The topological polar surface area (TPSA) is 91.3 Å². The van der Waals surface area contributed by atoms with E-state index in [1.807, 2.05) is 0 Å². The summed E-state index contributed by atoms with van der Waals surface area (Å²) in [6.07, 6.45) is 5.73. The molecule has 2 bridgehead atoms. The lowest BCUT2D eigenvalue weighted by atomic mass is 9.46. The maximum atomic E-state index is 12.4. The molecule has 3 saturated heterocycles. The average Bonchev–Trinajstić information content (AvgIpc) is 3.31. The highest BCUT2D eigenvalue weighted by atomic mass is 16.7. The van der Waals surface area contributed by atoms with E-state index in [9.17, 15) is 14.7 Å². The summed E-state index contributed by atoms with van der Waals surface area (Å²) in [6, 6.07) is 0. The summed E-state index contributed by atoms with van der Waals surface area (Å²) in [6.45, 7) is 2.63. The van der Waals surface area contributed by atoms with Crippen LogP contribution in [0.3, 0.4) is 0 Å². The zero-order chi connectivity index (χ0) is 18.6. The first-order valence-electron chi connectivity index (χ1n) is 9.70. The van der Waals surface area contributed by atoms with Gasteiger partial charge < -0.3 is 24.1 Å². The Kier molecular flexibility index (Phi) is 3.02. The van der Waals surface area contributed by atoms with Crippen molar-refractivity contribution >= 4 is 11.9 Å². The van der Waals surface area contributed by atoms with Gasteiger partial charge in [0.25, 0.3) is 0 Å². The highest BCUT2D eigenvalue weighted by molar-refractivity contribution is 5.85. The van der Waals surface area contributed by atoms with Gasteiger partial charge in [-0.05, 0) is 31.1 Å². The van der Waals surface area contributed by atoms with Crippen LogP contribution in [0, 0.1) is 28.6 Å². The number of ether oxygens (including phenoxy) is 4. The van der Waals surface area contributed by atoms with Crippen LogP contribution < -0.4 is 0 Å². The smallest absolute Gasteiger partial charge is 0.333 e. The second-order valence-corrected chi connectivity index (χ2v) is 8.91. The fourth-order valence-electron chi connectivity index (χ4n) is 6.81. The van der Waals surface area contributed by atoms with Crippen LogP contribution in [0.4, 0.5) is 0 Å². The van der Waals surface area contributed by atoms with E-state index >= 15 is 0 Å². The first-order valence-corrected chi connectivity index (χ1v) is 9.70. The predicted octanol–water partition coefficient (Wildman–Crippen LogP) is 1.06. The van der Waals surface area contributed by atoms with Gasteiger partial charge in [0.2, 0.25) is 6.29 Å². The van der Waals surface area contributed by atoms with Crippen molar-refractivity contribution < 1.29 is 33.6 Å². The van der Waals surface area contributed by atoms with Gasteiger partial charge in [-0.3, -0.25) is 4.79 Å². The normalized spacial score (nSPS) is 54.9. The van der Waals surface area contributed by atoms with Crippen molar-refractivity contribution in [1.82, 2.24) is 0 Å². The van der Waals surface area contributed by atoms with E-state index in [2.05, 4.69) is 19.1 Å².